The maximum atomic E-state index is 13.3. The van der Waals surface area contributed by atoms with E-state index in [1.165, 1.54) is 11.3 Å². The van der Waals surface area contributed by atoms with E-state index in [0.29, 0.717) is 28.2 Å². The van der Waals surface area contributed by atoms with Gasteiger partial charge in [-0.1, -0.05) is 47.2 Å². The number of anilines is 1. The molecule has 2 N–H and O–H groups in total. The molecule has 1 fully saturated rings. The summed E-state index contributed by atoms with van der Waals surface area (Å²) in [6, 6.07) is 13.2. The van der Waals surface area contributed by atoms with E-state index in [4.69, 9.17) is 21.1 Å². The van der Waals surface area contributed by atoms with Gasteiger partial charge in [0.2, 0.25) is 12.7 Å². The molecule has 0 radical (unpaired) electrons. The SMILES string of the molecule is CN(CCO)C(c1cnc(NC(=O)C2(c3ccc4c(c3)OCO4)CC2)s1)c1ccccc1Cl. The van der Waals surface area contributed by atoms with Gasteiger partial charge in [-0.3, -0.25) is 9.69 Å². The number of halogens is 1. The molecule has 0 spiro atoms. The highest BCUT2D eigenvalue weighted by atomic mass is 35.5. The van der Waals surface area contributed by atoms with Gasteiger partial charge in [0, 0.05) is 22.6 Å². The van der Waals surface area contributed by atoms with Crippen molar-refractivity contribution in [1.29, 1.82) is 0 Å². The van der Waals surface area contributed by atoms with Crippen LogP contribution in [0.3, 0.4) is 0 Å². The zero-order chi connectivity index (χ0) is 23.0. The van der Waals surface area contributed by atoms with Crippen molar-refractivity contribution >= 4 is 34.0 Å². The minimum Gasteiger partial charge on any atom is -0.454 e. The van der Waals surface area contributed by atoms with Crippen molar-refractivity contribution in [3.8, 4) is 11.5 Å². The lowest BCUT2D eigenvalue weighted by Gasteiger charge is -2.27. The largest absolute Gasteiger partial charge is 0.454 e. The molecule has 33 heavy (non-hydrogen) atoms. The van der Waals surface area contributed by atoms with E-state index >= 15 is 0 Å². The van der Waals surface area contributed by atoms with Crippen LogP contribution in [0, 0.1) is 0 Å². The van der Waals surface area contributed by atoms with Gasteiger partial charge in [-0.05, 0) is 49.2 Å². The molecule has 1 amide bonds. The van der Waals surface area contributed by atoms with Crippen molar-refractivity contribution in [2.24, 2.45) is 0 Å². The number of nitrogens with zero attached hydrogens (tertiary/aromatic N) is 2. The number of carbonyl (C=O) groups is 1. The van der Waals surface area contributed by atoms with Crippen LogP contribution in [0.15, 0.2) is 48.7 Å². The highest BCUT2D eigenvalue weighted by Gasteiger charge is 2.52. The molecule has 1 saturated carbocycles. The number of hydrogen-bond donors (Lipinski definition) is 2. The Bertz CT molecular complexity index is 1180. The molecule has 7 nitrogen and oxygen atoms in total. The Balaban J connectivity index is 1.37. The smallest absolute Gasteiger partial charge is 0.236 e. The Kier molecular flexibility index (Phi) is 6.01. The van der Waals surface area contributed by atoms with Crippen molar-refractivity contribution in [3.63, 3.8) is 0 Å². The second-order valence-corrected chi connectivity index (χ2v) is 9.77. The number of carbonyl (C=O) groups excluding carboxylic acids is 1. The van der Waals surface area contributed by atoms with Crippen LogP contribution in [0.25, 0.3) is 0 Å². The van der Waals surface area contributed by atoms with Gasteiger partial charge < -0.3 is 19.9 Å². The summed E-state index contributed by atoms with van der Waals surface area (Å²) in [5, 5.41) is 13.7. The standard InChI is InChI=1S/C24H24ClN3O4S/c1-28(10-11-29)21(16-4-2-3-5-17(16)25)20-13-26-23(33-20)27-22(30)24(8-9-24)15-6-7-18-19(12-15)32-14-31-18/h2-7,12-13,21,29H,8-11,14H2,1H3,(H,26,27,30). The van der Waals surface area contributed by atoms with Crippen molar-refractivity contribution in [3.05, 3.63) is 69.7 Å². The number of hydrogen-bond acceptors (Lipinski definition) is 7. The molecule has 9 heteroatoms. The summed E-state index contributed by atoms with van der Waals surface area (Å²) in [7, 11) is 1.93. The third-order valence-electron chi connectivity index (χ3n) is 6.22. The molecule has 5 rings (SSSR count). The quantitative estimate of drug-likeness (QED) is 0.497. The number of aliphatic hydroxyl groups is 1. The number of thiazole rings is 1. The lowest BCUT2D eigenvalue weighted by molar-refractivity contribution is -0.118. The molecule has 172 valence electrons. The molecule has 1 atom stereocenters. The fourth-order valence-electron chi connectivity index (χ4n) is 4.25. The van der Waals surface area contributed by atoms with Crippen LogP contribution in [-0.4, -0.2) is 47.9 Å². The molecular weight excluding hydrogens is 462 g/mol. The Hall–Kier alpha value is -2.65. The minimum atomic E-state index is -0.567. The number of amides is 1. The number of ether oxygens (including phenoxy) is 2. The van der Waals surface area contributed by atoms with Crippen LogP contribution in [0.1, 0.15) is 34.9 Å². The lowest BCUT2D eigenvalue weighted by Crippen LogP contribution is -2.28. The number of rotatable bonds is 8. The first-order valence-corrected chi connectivity index (χ1v) is 11.9. The molecule has 3 aromatic rings. The predicted molar refractivity (Wildman–Crippen MR) is 127 cm³/mol. The highest BCUT2D eigenvalue weighted by Crippen LogP contribution is 2.51. The summed E-state index contributed by atoms with van der Waals surface area (Å²) in [6.45, 7) is 0.706. The Morgan fingerprint density at radius 3 is 2.82 bits per heavy atom. The summed E-state index contributed by atoms with van der Waals surface area (Å²) in [4.78, 5) is 20.7. The van der Waals surface area contributed by atoms with Crippen LogP contribution in [0.5, 0.6) is 11.5 Å². The fourth-order valence-corrected chi connectivity index (χ4v) is 5.48. The fraction of sp³-hybridized carbons (Fsp3) is 0.333. The number of aliphatic hydroxyl groups excluding tert-OH is 1. The number of aromatic nitrogens is 1. The van der Waals surface area contributed by atoms with Gasteiger partial charge in [-0.15, -0.1) is 0 Å². The third kappa shape index (κ3) is 4.19. The number of nitrogens with one attached hydrogen (secondary N) is 1. The maximum absolute atomic E-state index is 13.3. The first kappa shape index (κ1) is 22.2. The van der Waals surface area contributed by atoms with Crippen LogP contribution in [0.2, 0.25) is 5.02 Å². The third-order valence-corrected chi connectivity index (χ3v) is 7.53. The Labute approximate surface area is 200 Å². The zero-order valence-corrected chi connectivity index (χ0v) is 19.7. The minimum absolute atomic E-state index is 0.0257. The number of benzene rings is 2. The molecule has 1 aliphatic carbocycles. The first-order chi connectivity index (χ1) is 16.0. The lowest BCUT2D eigenvalue weighted by atomic mass is 9.94. The summed E-state index contributed by atoms with van der Waals surface area (Å²) in [5.74, 6) is 1.31. The second-order valence-electron chi connectivity index (χ2n) is 8.30. The monoisotopic (exact) mass is 485 g/mol. The molecule has 2 heterocycles. The van der Waals surface area contributed by atoms with E-state index in [2.05, 4.69) is 10.3 Å². The van der Waals surface area contributed by atoms with Gasteiger partial charge >= 0.3 is 0 Å². The molecule has 0 bridgehead atoms. The van der Waals surface area contributed by atoms with E-state index in [1.807, 2.05) is 54.4 Å². The van der Waals surface area contributed by atoms with Gasteiger partial charge in [-0.25, -0.2) is 4.98 Å². The Morgan fingerprint density at radius 2 is 2.06 bits per heavy atom. The maximum Gasteiger partial charge on any atom is 0.236 e. The first-order valence-electron chi connectivity index (χ1n) is 10.7. The topological polar surface area (TPSA) is 83.9 Å². The molecule has 2 aromatic carbocycles. The summed E-state index contributed by atoms with van der Waals surface area (Å²) in [5.41, 5.74) is 1.29. The molecule has 2 aliphatic rings. The highest BCUT2D eigenvalue weighted by molar-refractivity contribution is 7.15. The van der Waals surface area contributed by atoms with Crippen molar-refractivity contribution in [2.75, 3.05) is 32.3 Å². The van der Waals surface area contributed by atoms with Gasteiger partial charge in [0.25, 0.3) is 0 Å². The zero-order valence-electron chi connectivity index (χ0n) is 18.1. The van der Waals surface area contributed by atoms with Gasteiger partial charge in [0.15, 0.2) is 16.6 Å². The molecule has 1 aliphatic heterocycles. The predicted octanol–water partition coefficient (Wildman–Crippen LogP) is 4.21. The molecule has 1 aromatic heterocycles. The molecule has 0 saturated heterocycles. The van der Waals surface area contributed by atoms with E-state index in [1.54, 1.807) is 6.20 Å². The van der Waals surface area contributed by atoms with Crippen molar-refractivity contribution < 1.29 is 19.4 Å². The van der Waals surface area contributed by atoms with E-state index in [0.717, 1.165) is 28.8 Å². The molecule has 1 unspecified atom stereocenters. The van der Waals surface area contributed by atoms with Crippen LogP contribution in [0.4, 0.5) is 5.13 Å². The van der Waals surface area contributed by atoms with Gasteiger partial charge in [-0.2, -0.15) is 0 Å². The van der Waals surface area contributed by atoms with Gasteiger partial charge in [0.1, 0.15) is 0 Å². The summed E-state index contributed by atoms with van der Waals surface area (Å²) < 4.78 is 10.9. The van der Waals surface area contributed by atoms with E-state index < -0.39 is 5.41 Å². The van der Waals surface area contributed by atoms with Crippen LogP contribution >= 0.6 is 22.9 Å². The molecular formula is C24H24ClN3O4S. The van der Waals surface area contributed by atoms with E-state index in [-0.39, 0.29) is 25.3 Å². The normalized spacial score (nSPS) is 16.6. The van der Waals surface area contributed by atoms with Gasteiger partial charge in [0.05, 0.1) is 18.1 Å². The second kappa shape index (κ2) is 8.95. The van der Waals surface area contributed by atoms with E-state index in [9.17, 15) is 9.90 Å². The van der Waals surface area contributed by atoms with Crippen LogP contribution < -0.4 is 14.8 Å². The van der Waals surface area contributed by atoms with Crippen LogP contribution in [-0.2, 0) is 10.2 Å². The summed E-state index contributed by atoms with van der Waals surface area (Å²) in [6.07, 6.45) is 3.32. The average molecular weight is 486 g/mol. The Morgan fingerprint density at radius 1 is 1.27 bits per heavy atom. The van der Waals surface area contributed by atoms with Crippen molar-refractivity contribution in [2.45, 2.75) is 24.3 Å². The summed E-state index contributed by atoms with van der Waals surface area (Å²) >= 11 is 7.90. The number of fused-ring (bicyclic) bond motifs is 1. The average Bonchev–Trinajstić information content (AvgIpc) is 3.27. The van der Waals surface area contributed by atoms with Crippen molar-refractivity contribution in [1.82, 2.24) is 9.88 Å². The number of likely N-dealkylation sites (N-methyl/N-ethyl adjacent to an activating group) is 1.